The summed E-state index contributed by atoms with van der Waals surface area (Å²) in [5.74, 6) is -3.61. The van der Waals surface area contributed by atoms with Gasteiger partial charge < -0.3 is 34.8 Å². The first-order chi connectivity index (χ1) is 18.1. The first-order valence-electron chi connectivity index (χ1n) is 11.9. The molecule has 204 valence electrons. The van der Waals surface area contributed by atoms with Crippen molar-refractivity contribution in [3.63, 3.8) is 0 Å². The van der Waals surface area contributed by atoms with Crippen molar-refractivity contribution in [2.24, 2.45) is 5.73 Å². The number of aromatic nitrogens is 2. The Bertz CT molecular complexity index is 1260. The van der Waals surface area contributed by atoms with Crippen LogP contribution in [0.15, 0.2) is 40.8 Å². The number of likely N-dealkylation sites (N-methyl/N-ethyl adjacent to an activating group) is 1. The fourth-order valence-corrected chi connectivity index (χ4v) is 4.12. The average Bonchev–Trinajstić information content (AvgIpc) is 3.37. The molecule has 0 aliphatic carbocycles. The molecule has 2 atom stereocenters. The van der Waals surface area contributed by atoms with Gasteiger partial charge in [-0.2, -0.15) is 0 Å². The van der Waals surface area contributed by atoms with E-state index in [9.17, 15) is 13.6 Å². The SMILES string of the molecule is CN[C@H](C=O)COc1cc(F)c(-c2nnc(N3CCC(F)(F)C(N)C3)o2)cc1N(C)Cc1ccc(Cl)cc1. The number of nitrogens with one attached hydrogen (secondary N) is 1. The standard InChI is InChI=1S/C25H28ClF3N6O3/c1-31-17(13-36)14-37-21-10-19(27)18(9-20(21)34(2)11-15-3-5-16(26)6-4-15)23-32-33-24(38-23)35-8-7-25(28,29)22(30)12-35/h3-6,9-10,13,17,22,31H,7-8,11-12,14,30H2,1-2H3/t17-,22?/m1/s1. The second kappa shape index (κ2) is 11.6. The molecule has 4 rings (SSSR count). The highest BCUT2D eigenvalue weighted by Gasteiger charge is 2.43. The summed E-state index contributed by atoms with van der Waals surface area (Å²) in [5, 5.41) is 11.3. The molecule has 1 saturated heterocycles. The third-order valence-electron chi connectivity index (χ3n) is 6.34. The minimum Gasteiger partial charge on any atom is -0.489 e. The number of carbonyl (C=O) groups excluding carboxylic acids is 1. The summed E-state index contributed by atoms with van der Waals surface area (Å²) in [7, 11) is 3.41. The summed E-state index contributed by atoms with van der Waals surface area (Å²) in [6.45, 7) is 0.195. The summed E-state index contributed by atoms with van der Waals surface area (Å²) in [6.07, 6.45) is 0.241. The molecule has 3 aromatic rings. The van der Waals surface area contributed by atoms with Crippen LogP contribution in [0, 0.1) is 5.82 Å². The van der Waals surface area contributed by atoms with Crippen molar-refractivity contribution in [1.29, 1.82) is 0 Å². The van der Waals surface area contributed by atoms with Gasteiger partial charge in [-0.05, 0) is 30.8 Å². The number of halogens is 4. The molecule has 38 heavy (non-hydrogen) atoms. The molecule has 1 aliphatic rings. The zero-order valence-electron chi connectivity index (χ0n) is 20.8. The van der Waals surface area contributed by atoms with Gasteiger partial charge in [0, 0.05) is 44.2 Å². The number of ether oxygens (including phenoxy) is 1. The molecule has 2 aromatic carbocycles. The Morgan fingerprint density at radius 3 is 2.74 bits per heavy atom. The van der Waals surface area contributed by atoms with E-state index in [0.29, 0.717) is 23.5 Å². The highest BCUT2D eigenvalue weighted by molar-refractivity contribution is 6.30. The van der Waals surface area contributed by atoms with Crippen molar-refractivity contribution < 1.29 is 27.1 Å². The van der Waals surface area contributed by atoms with Crippen molar-refractivity contribution in [2.75, 3.05) is 43.6 Å². The summed E-state index contributed by atoms with van der Waals surface area (Å²) < 4.78 is 54.4. The Labute approximate surface area is 222 Å². The van der Waals surface area contributed by atoms with Crippen LogP contribution in [0.2, 0.25) is 5.02 Å². The number of alkyl halides is 2. The maximum Gasteiger partial charge on any atom is 0.318 e. The number of nitrogens with zero attached hydrogens (tertiary/aromatic N) is 4. The molecular formula is C25H28ClF3N6O3. The zero-order chi connectivity index (χ0) is 27.4. The first kappa shape index (κ1) is 27.7. The van der Waals surface area contributed by atoms with E-state index in [4.69, 9.17) is 26.5 Å². The largest absolute Gasteiger partial charge is 0.489 e. The van der Waals surface area contributed by atoms with E-state index in [1.165, 1.54) is 17.0 Å². The Balaban J connectivity index is 1.64. The van der Waals surface area contributed by atoms with Crippen LogP contribution in [0.4, 0.5) is 24.9 Å². The smallest absolute Gasteiger partial charge is 0.318 e. The van der Waals surface area contributed by atoms with Crippen molar-refractivity contribution >= 4 is 29.6 Å². The van der Waals surface area contributed by atoms with E-state index in [-0.39, 0.29) is 42.9 Å². The van der Waals surface area contributed by atoms with Gasteiger partial charge in [-0.15, -0.1) is 5.10 Å². The molecule has 9 nitrogen and oxygen atoms in total. The number of nitrogens with two attached hydrogens (primary N) is 1. The van der Waals surface area contributed by atoms with Crippen molar-refractivity contribution in [2.45, 2.75) is 31.0 Å². The highest BCUT2D eigenvalue weighted by atomic mass is 35.5. The number of rotatable bonds is 10. The molecule has 3 N–H and O–H groups in total. The molecule has 1 aliphatic heterocycles. The third-order valence-corrected chi connectivity index (χ3v) is 6.59. The molecule has 0 amide bonds. The van der Waals surface area contributed by atoms with Crippen molar-refractivity contribution in [3.05, 3.63) is 52.8 Å². The van der Waals surface area contributed by atoms with Gasteiger partial charge in [0.05, 0.1) is 23.3 Å². The predicted molar refractivity (Wildman–Crippen MR) is 137 cm³/mol. The molecule has 0 bridgehead atoms. The van der Waals surface area contributed by atoms with Crippen LogP contribution in [-0.4, -0.2) is 68.3 Å². The summed E-state index contributed by atoms with van der Waals surface area (Å²) in [5.41, 5.74) is 7.03. The van der Waals surface area contributed by atoms with Gasteiger partial charge in [-0.25, -0.2) is 13.2 Å². The van der Waals surface area contributed by atoms with E-state index >= 15 is 4.39 Å². The monoisotopic (exact) mass is 552 g/mol. The molecule has 1 unspecified atom stereocenters. The van der Waals surface area contributed by atoms with E-state index in [2.05, 4.69) is 15.5 Å². The number of hydrogen-bond acceptors (Lipinski definition) is 9. The lowest BCUT2D eigenvalue weighted by atomic mass is 10.0. The Morgan fingerprint density at radius 1 is 1.34 bits per heavy atom. The van der Waals surface area contributed by atoms with E-state index < -0.39 is 30.2 Å². The summed E-state index contributed by atoms with van der Waals surface area (Å²) in [4.78, 5) is 14.5. The number of benzene rings is 2. The maximum absolute atomic E-state index is 15.3. The van der Waals surface area contributed by atoms with Crippen LogP contribution in [0.3, 0.4) is 0 Å². The van der Waals surface area contributed by atoms with Crippen LogP contribution in [0.5, 0.6) is 5.75 Å². The lowest BCUT2D eigenvalue weighted by Crippen LogP contribution is -2.55. The summed E-state index contributed by atoms with van der Waals surface area (Å²) in [6, 6.07) is 7.95. The number of piperidine rings is 1. The van der Waals surface area contributed by atoms with Gasteiger partial charge in [-0.3, -0.25) is 0 Å². The van der Waals surface area contributed by atoms with Crippen LogP contribution in [0.25, 0.3) is 11.5 Å². The number of anilines is 2. The number of hydrogen-bond donors (Lipinski definition) is 2. The van der Waals surface area contributed by atoms with Gasteiger partial charge in [0.1, 0.15) is 24.5 Å². The normalized spacial score (nSPS) is 17.8. The first-order valence-corrected chi connectivity index (χ1v) is 12.3. The van der Waals surface area contributed by atoms with Gasteiger partial charge in [0.2, 0.25) is 0 Å². The van der Waals surface area contributed by atoms with Crippen LogP contribution >= 0.6 is 11.6 Å². The van der Waals surface area contributed by atoms with Crippen molar-refractivity contribution in [1.82, 2.24) is 15.5 Å². The molecule has 1 aromatic heterocycles. The lowest BCUT2D eigenvalue weighted by molar-refractivity contribution is -0.110. The fourth-order valence-electron chi connectivity index (χ4n) is 4.00. The summed E-state index contributed by atoms with van der Waals surface area (Å²) >= 11 is 5.99. The molecular weight excluding hydrogens is 525 g/mol. The van der Waals surface area contributed by atoms with Crippen LogP contribution in [-0.2, 0) is 11.3 Å². The minimum absolute atomic E-state index is 0.00116. The Hall–Kier alpha value is -3.35. The van der Waals surface area contributed by atoms with Gasteiger partial charge in [-0.1, -0.05) is 28.8 Å². The third kappa shape index (κ3) is 6.20. The Morgan fingerprint density at radius 2 is 2.08 bits per heavy atom. The number of aldehydes is 1. The van der Waals surface area contributed by atoms with Crippen molar-refractivity contribution in [3.8, 4) is 17.2 Å². The molecule has 0 saturated carbocycles. The molecule has 0 radical (unpaired) electrons. The van der Waals surface area contributed by atoms with E-state index in [1.54, 1.807) is 26.2 Å². The fraction of sp³-hybridized carbons (Fsp3) is 0.400. The van der Waals surface area contributed by atoms with Crippen LogP contribution < -0.4 is 25.6 Å². The average molecular weight is 553 g/mol. The number of carbonyl (C=O) groups is 1. The van der Waals surface area contributed by atoms with Gasteiger partial charge >= 0.3 is 6.01 Å². The molecule has 1 fully saturated rings. The van der Waals surface area contributed by atoms with Crippen LogP contribution in [0.1, 0.15) is 12.0 Å². The minimum atomic E-state index is -2.99. The lowest BCUT2D eigenvalue weighted by Gasteiger charge is -2.35. The van der Waals surface area contributed by atoms with E-state index in [0.717, 1.165) is 5.56 Å². The maximum atomic E-state index is 15.3. The predicted octanol–water partition coefficient (Wildman–Crippen LogP) is 3.50. The Kier molecular flexibility index (Phi) is 8.44. The van der Waals surface area contributed by atoms with Gasteiger partial charge in [0.25, 0.3) is 11.8 Å². The second-order valence-corrected chi connectivity index (χ2v) is 9.51. The zero-order valence-corrected chi connectivity index (χ0v) is 21.6. The molecule has 0 spiro atoms. The molecule has 13 heteroatoms. The molecule has 2 heterocycles. The topological polar surface area (TPSA) is 110 Å². The highest BCUT2D eigenvalue weighted by Crippen LogP contribution is 2.37. The van der Waals surface area contributed by atoms with E-state index in [1.807, 2.05) is 17.0 Å². The quantitative estimate of drug-likeness (QED) is 0.365. The second-order valence-electron chi connectivity index (χ2n) is 9.08. The van der Waals surface area contributed by atoms with Gasteiger partial charge in [0.15, 0.2) is 0 Å².